The summed E-state index contributed by atoms with van der Waals surface area (Å²) in [5.41, 5.74) is 1.10. The third-order valence-corrected chi connectivity index (χ3v) is 2.71. The second-order valence-electron chi connectivity index (χ2n) is 4.71. The van der Waals surface area contributed by atoms with Gasteiger partial charge in [-0.25, -0.2) is 0 Å². The number of nitrogens with one attached hydrogen (secondary N) is 1. The first-order valence-corrected chi connectivity index (χ1v) is 6.59. The maximum absolute atomic E-state index is 11.5. The van der Waals surface area contributed by atoms with Gasteiger partial charge in [-0.15, -0.1) is 0 Å². The van der Waals surface area contributed by atoms with Crippen molar-refractivity contribution in [2.45, 2.75) is 20.3 Å². The van der Waals surface area contributed by atoms with Gasteiger partial charge >= 0.3 is 5.97 Å². The number of rotatable bonds is 7. The van der Waals surface area contributed by atoms with E-state index in [9.17, 15) is 9.59 Å². The molecule has 0 aliphatic rings. The smallest absolute Gasteiger partial charge is 0.308 e. The number of hydrogen-bond acceptors (Lipinski definition) is 4. The van der Waals surface area contributed by atoms with E-state index in [2.05, 4.69) is 5.32 Å². The molecule has 0 bridgehead atoms. The Morgan fingerprint density at radius 2 is 1.85 bits per heavy atom. The summed E-state index contributed by atoms with van der Waals surface area (Å²) in [5.74, 6) is -0.0664. The molecule has 0 saturated heterocycles. The number of hydrogen-bond donors (Lipinski definition) is 1. The molecule has 1 rings (SSSR count). The molecule has 0 aromatic heterocycles. The van der Waals surface area contributed by atoms with Crippen molar-refractivity contribution in [3.8, 4) is 5.75 Å². The molecule has 0 spiro atoms. The zero-order valence-electron chi connectivity index (χ0n) is 12.1. The molecule has 110 valence electrons. The van der Waals surface area contributed by atoms with Gasteiger partial charge in [0.25, 0.3) is 5.91 Å². The molecule has 1 aromatic carbocycles. The number of ether oxygens (including phenoxy) is 2. The lowest BCUT2D eigenvalue weighted by atomic mass is 10.1. The molecule has 1 amide bonds. The van der Waals surface area contributed by atoms with Crippen LogP contribution in [-0.2, 0) is 20.7 Å². The monoisotopic (exact) mass is 279 g/mol. The van der Waals surface area contributed by atoms with E-state index in [0.29, 0.717) is 13.0 Å². The first-order valence-electron chi connectivity index (χ1n) is 6.59. The van der Waals surface area contributed by atoms with E-state index < -0.39 is 0 Å². The van der Waals surface area contributed by atoms with Gasteiger partial charge in [-0.1, -0.05) is 26.0 Å². The largest absolute Gasteiger partial charge is 0.497 e. The zero-order valence-corrected chi connectivity index (χ0v) is 12.1. The maximum atomic E-state index is 11.5. The lowest BCUT2D eigenvalue weighted by Gasteiger charge is -2.08. The van der Waals surface area contributed by atoms with Crippen LogP contribution in [0.5, 0.6) is 5.75 Å². The van der Waals surface area contributed by atoms with Crippen molar-refractivity contribution >= 4 is 11.9 Å². The Morgan fingerprint density at radius 1 is 1.20 bits per heavy atom. The quantitative estimate of drug-likeness (QED) is 0.769. The molecule has 1 N–H and O–H groups in total. The van der Waals surface area contributed by atoms with Gasteiger partial charge in [0.1, 0.15) is 5.75 Å². The van der Waals surface area contributed by atoms with Crippen LogP contribution in [0, 0.1) is 5.92 Å². The average Bonchev–Trinajstić information content (AvgIpc) is 2.45. The van der Waals surface area contributed by atoms with E-state index in [1.54, 1.807) is 21.0 Å². The molecule has 0 saturated carbocycles. The van der Waals surface area contributed by atoms with Crippen LogP contribution in [0.2, 0.25) is 0 Å². The SMILES string of the molecule is COc1ccc(CCNC(=O)COC(=O)C(C)C)cc1. The van der Waals surface area contributed by atoms with Crippen LogP contribution in [0.25, 0.3) is 0 Å². The van der Waals surface area contributed by atoms with Crippen molar-refractivity contribution in [2.75, 3.05) is 20.3 Å². The molecule has 0 atom stereocenters. The van der Waals surface area contributed by atoms with Gasteiger partial charge in [-0.3, -0.25) is 9.59 Å². The fourth-order valence-corrected chi connectivity index (χ4v) is 1.49. The zero-order chi connectivity index (χ0) is 15.0. The van der Waals surface area contributed by atoms with E-state index >= 15 is 0 Å². The third-order valence-electron chi connectivity index (χ3n) is 2.71. The van der Waals surface area contributed by atoms with Crippen molar-refractivity contribution in [3.05, 3.63) is 29.8 Å². The molecule has 0 aliphatic carbocycles. The normalized spacial score (nSPS) is 10.2. The van der Waals surface area contributed by atoms with E-state index in [4.69, 9.17) is 9.47 Å². The Morgan fingerprint density at radius 3 is 2.40 bits per heavy atom. The number of carbonyl (C=O) groups is 2. The Balaban J connectivity index is 2.22. The predicted octanol–water partition coefficient (Wildman–Crippen LogP) is 1.55. The maximum Gasteiger partial charge on any atom is 0.308 e. The lowest BCUT2D eigenvalue weighted by Crippen LogP contribution is -2.31. The van der Waals surface area contributed by atoms with Crippen LogP contribution in [0.3, 0.4) is 0 Å². The molecule has 0 unspecified atom stereocenters. The van der Waals surface area contributed by atoms with Crippen LogP contribution < -0.4 is 10.1 Å². The first kappa shape index (κ1) is 16.0. The lowest BCUT2D eigenvalue weighted by molar-refractivity contribution is -0.151. The van der Waals surface area contributed by atoms with Gasteiger partial charge in [-0.2, -0.15) is 0 Å². The predicted molar refractivity (Wildman–Crippen MR) is 75.5 cm³/mol. The Labute approximate surface area is 119 Å². The summed E-state index contributed by atoms with van der Waals surface area (Å²) in [4.78, 5) is 22.6. The fourth-order valence-electron chi connectivity index (χ4n) is 1.49. The molecular weight excluding hydrogens is 258 g/mol. The minimum atomic E-state index is -0.365. The topological polar surface area (TPSA) is 64.6 Å². The molecule has 0 radical (unpaired) electrons. The van der Waals surface area contributed by atoms with Crippen molar-refractivity contribution in [2.24, 2.45) is 5.92 Å². The minimum absolute atomic E-state index is 0.220. The van der Waals surface area contributed by atoms with Crippen LogP contribution >= 0.6 is 0 Å². The Hall–Kier alpha value is -2.04. The van der Waals surface area contributed by atoms with Gasteiger partial charge in [0.15, 0.2) is 6.61 Å². The Kier molecular flexibility index (Phi) is 6.56. The van der Waals surface area contributed by atoms with Crippen molar-refractivity contribution in [1.29, 1.82) is 0 Å². The number of benzene rings is 1. The first-order chi connectivity index (χ1) is 9.52. The second kappa shape index (κ2) is 8.19. The standard InChI is InChI=1S/C15H21NO4/c1-11(2)15(18)20-10-14(17)16-9-8-12-4-6-13(19-3)7-5-12/h4-7,11H,8-10H2,1-3H3,(H,16,17). The second-order valence-corrected chi connectivity index (χ2v) is 4.71. The van der Waals surface area contributed by atoms with Gasteiger partial charge in [-0.05, 0) is 24.1 Å². The van der Waals surface area contributed by atoms with Crippen LogP contribution in [-0.4, -0.2) is 32.1 Å². The Bertz CT molecular complexity index is 440. The fraction of sp³-hybridized carbons (Fsp3) is 0.467. The van der Waals surface area contributed by atoms with Gasteiger partial charge < -0.3 is 14.8 Å². The number of methoxy groups -OCH3 is 1. The highest BCUT2D eigenvalue weighted by molar-refractivity contribution is 5.80. The molecule has 5 nitrogen and oxygen atoms in total. The highest BCUT2D eigenvalue weighted by atomic mass is 16.5. The van der Waals surface area contributed by atoms with E-state index in [1.807, 2.05) is 24.3 Å². The van der Waals surface area contributed by atoms with E-state index in [0.717, 1.165) is 11.3 Å². The van der Waals surface area contributed by atoms with E-state index in [1.165, 1.54) is 0 Å². The summed E-state index contributed by atoms with van der Waals surface area (Å²) in [5, 5.41) is 2.71. The molecule has 20 heavy (non-hydrogen) atoms. The number of carbonyl (C=O) groups excluding carboxylic acids is 2. The van der Waals surface area contributed by atoms with Crippen LogP contribution in [0.15, 0.2) is 24.3 Å². The van der Waals surface area contributed by atoms with Crippen LogP contribution in [0.1, 0.15) is 19.4 Å². The molecule has 0 aliphatic heterocycles. The summed E-state index contributed by atoms with van der Waals surface area (Å²) < 4.78 is 9.90. The van der Waals surface area contributed by atoms with E-state index in [-0.39, 0.29) is 24.4 Å². The summed E-state index contributed by atoms with van der Waals surface area (Å²) in [6.45, 7) is 3.73. The molecule has 1 aromatic rings. The minimum Gasteiger partial charge on any atom is -0.497 e. The van der Waals surface area contributed by atoms with Crippen molar-refractivity contribution < 1.29 is 19.1 Å². The van der Waals surface area contributed by atoms with Crippen molar-refractivity contribution in [3.63, 3.8) is 0 Å². The van der Waals surface area contributed by atoms with Gasteiger partial charge in [0, 0.05) is 6.54 Å². The summed E-state index contributed by atoms with van der Waals surface area (Å²) in [7, 11) is 1.62. The molecular formula is C15H21NO4. The summed E-state index contributed by atoms with van der Waals surface area (Å²) in [6, 6.07) is 7.65. The van der Waals surface area contributed by atoms with Gasteiger partial charge in [0.05, 0.1) is 13.0 Å². The molecule has 0 fully saturated rings. The van der Waals surface area contributed by atoms with Crippen molar-refractivity contribution in [1.82, 2.24) is 5.32 Å². The average molecular weight is 279 g/mol. The van der Waals surface area contributed by atoms with Gasteiger partial charge in [0.2, 0.25) is 0 Å². The number of esters is 1. The van der Waals surface area contributed by atoms with Crippen LogP contribution in [0.4, 0.5) is 0 Å². The highest BCUT2D eigenvalue weighted by Crippen LogP contribution is 2.11. The molecule has 5 heteroatoms. The summed E-state index contributed by atoms with van der Waals surface area (Å²) >= 11 is 0. The number of amides is 1. The summed E-state index contributed by atoms with van der Waals surface area (Å²) in [6.07, 6.45) is 0.716. The highest BCUT2D eigenvalue weighted by Gasteiger charge is 2.10. The molecule has 0 heterocycles. The third kappa shape index (κ3) is 5.73.